The Morgan fingerprint density at radius 3 is 2.06 bits per heavy atom. The quantitative estimate of drug-likeness (QED) is 0.366. The number of fused-ring (bicyclic) bond motifs is 1. The van der Waals surface area contributed by atoms with Crippen LogP contribution in [-0.4, -0.2) is 65.4 Å². The molecule has 1 fully saturated rings. The maximum Gasteiger partial charge on any atom is 0.268 e. The summed E-state index contributed by atoms with van der Waals surface area (Å²) in [5.41, 5.74) is 7.54. The number of nitrogens with one attached hydrogen (secondary N) is 1. The van der Waals surface area contributed by atoms with Gasteiger partial charge in [0.2, 0.25) is 0 Å². The number of aliphatic hydroxyl groups excluding tert-OH is 1. The summed E-state index contributed by atoms with van der Waals surface area (Å²) in [6.45, 7) is 5.09. The van der Waals surface area contributed by atoms with E-state index in [0.717, 1.165) is 37.4 Å². The summed E-state index contributed by atoms with van der Waals surface area (Å²) in [5.74, 6) is -1.13. The normalized spacial score (nSPS) is 17.1. The predicted octanol–water partition coefficient (Wildman–Crippen LogP) is 2.89. The van der Waals surface area contributed by atoms with E-state index in [4.69, 9.17) is 5.21 Å². The highest BCUT2D eigenvalue weighted by Gasteiger charge is 2.39. The average molecular weight is 487 g/mol. The fourth-order valence-electron chi connectivity index (χ4n) is 5.16. The Bertz CT molecular complexity index is 1240. The third-order valence-electron chi connectivity index (χ3n) is 7.08. The lowest BCUT2D eigenvalue weighted by molar-refractivity contribution is -0.137. The number of aliphatic hydroxyl groups is 1. The van der Waals surface area contributed by atoms with Gasteiger partial charge in [0.25, 0.3) is 11.8 Å². The predicted molar refractivity (Wildman–Crippen MR) is 138 cm³/mol. The minimum Gasteiger partial charge on any atom is -0.391 e. The molecule has 0 saturated carbocycles. The Kier molecular flexibility index (Phi) is 6.63. The first-order valence-electron chi connectivity index (χ1n) is 12.2. The molecule has 3 aromatic rings. The smallest absolute Gasteiger partial charge is 0.268 e. The van der Waals surface area contributed by atoms with Gasteiger partial charge in [0.1, 0.15) is 6.04 Å². The van der Waals surface area contributed by atoms with Gasteiger partial charge >= 0.3 is 0 Å². The van der Waals surface area contributed by atoms with E-state index in [2.05, 4.69) is 46.2 Å². The summed E-state index contributed by atoms with van der Waals surface area (Å²) in [6, 6.07) is 23.6. The van der Waals surface area contributed by atoms with E-state index in [1.807, 2.05) is 30.3 Å². The molecule has 0 bridgehead atoms. The molecule has 186 valence electrons. The fraction of sp³-hybridized carbons (Fsp3) is 0.286. The summed E-state index contributed by atoms with van der Waals surface area (Å²) < 4.78 is 0. The van der Waals surface area contributed by atoms with Crippen LogP contribution in [0.2, 0.25) is 0 Å². The lowest BCUT2D eigenvalue weighted by Gasteiger charge is -2.37. The molecule has 8 heteroatoms. The number of anilines is 2. The van der Waals surface area contributed by atoms with Crippen molar-refractivity contribution in [2.24, 2.45) is 0 Å². The molecule has 0 aliphatic carbocycles. The molecule has 2 unspecified atom stereocenters. The fourth-order valence-corrected chi connectivity index (χ4v) is 5.16. The lowest BCUT2D eigenvalue weighted by Crippen LogP contribution is -2.52. The molecule has 2 amide bonds. The van der Waals surface area contributed by atoms with Gasteiger partial charge in [0.05, 0.1) is 6.10 Å². The Balaban J connectivity index is 1.24. The highest BCUT2D eigenvalue weighted by Crippen LogP contribution is 2.31. The van der Waals surface area contributed by atoms with Crippen LogP contribution < -0.4 is 15.3 Å². The first kappa shape index (κ1) is 23.8. The van der Waals surface area contributed by atoms with Crippen LogP contribution >= 0.6 is 0 Å². The Hall–Kier alpha value is -3.88. The van der Waals surface area contributed by atoms with Gasteiger partial charge in [-0.1, -0.05) is 42.5 Å². The molecule has 8 nitrogen and oxygen atoms in total. The van der Waals surface area contributed by atoms with Crippen molar-refractivity contribution in [1.29, 1.82) is 0 Å². The molecule has 0 radical (unpaired) electrons. The van der Waals surface area contributed by atoms with Crippen molar-refractivity contribution >= 4 is 23.2 Å². The van der Waals surface area contributed by atoms with Gasteiger partial charge < -0.3 is 19.8 Å². The zero-order valence-corrected chi connectivity index (χ0v) is 20.2. The third-order valence-corrected chi connectivity index (χ3v) is 7.08. The van der Waals surface area contributed by atoms with Crippen LogP contribution in [-0.2, 0) is 11.3 Å². The number of hydrogen-bond donors (Lipinski definition) is 3. The highest BCUT2D eigenvalue weighted by molar-refractivity contribution is 6.01. The molecular formula is C28H30N4O4. The van der Waals surface area contributed by atoms with Crippen LogP contribution in [0.5, 0.6) is 0 Å². The van der Waals surface area contributed by atoms with Crippen LogP contribution in [0.1, 0.15) is 22.8 Å². The summed E-state index contributed by atoms with van der Waals surface area (Å²) in [5, 5.41) is 19.1. The van der Waals surface area contributed by atoms with Gasteiger partial charge in [-0.25, -0.2) is 5.48 Å². The second-order valence-electron chi connectivity index (χ2n) is 9.32. The zero-order valence-electron chi connectivity index (χ0n) is 20.2. The van der Waals surface area contributed by atoms with Gasteiger partial charge in [-0.2, -0.15) is 0 Å². The van der Waals surface area contributed by atoms with E-state index in [1.54, 1.807) is 11.5 Å². The molecule has 1 saturated heterocycles. The van der Waals surface area contributed by atoms with Gasteiger partial charge in [-0.3, -0.25) is 14.8 Å². The molecule has 2 heterocycles. The average Bonchev–Trinajstić information content (AvgIpc) is 3.24. The molecule has 36 heavy (non-hydrogen) atoms. The molecule has 3 N–H and O–H groups in total. The second-order valence-corrected chi connectivity index (χ2v) is 9.32. The second kappa shape index (κ2) is 10.0. The molecule has 2 aliphatic heterocycles. The van der Waals surface area contributed by atoms with Crippen LogP contribution in [0.3, 0.4) is 0 Å². The van der Waals surface area contributed by atoms with Gasteiger partial charge in [-0.05, 0) is 53.9 Å². The molecule has 0 aromatic heterocycles. The van der Waals surface area contributed by atoms with Gasteiger partial charge in [0.15, 0.2) is 0 Å². The van der Waals surface area contributed by atoms with Gasteiger partial charge in [0, 0.05) is 49.7 Å². The van der Waals surface area contributed by atoms with Crippen molar-refractivity contribution in [3.63, 3.8) is 0 Å². The maximum atomic E-state index is 12.9. The number of carbonyl (C=O) groups is 2. The maximum absolute atomic E-state index is 12.9. The standard InChI is InChI=1S/C28H30N4O4/c1-19(33)26(27(34)29-36)32-18-22-17-24(11-12-25(22)28(32)35)31-15-13-30(14-16-31)23-9-7-21(8-10-23)20-5-3-2-4-6-20/h2-12,17,19,26,33,36H,13-16,18H2,1H3,(H,29,34). The zero-order chi connectivity index (χ0) is 25.2. The number of rotatable bonds is 6. The monoisotopic (exact) mass is 486 g/mol. The van der Waals surface area contributed by atoms with Crippen LogP contribution in [0.4, 0.5) is 11.4 Å². The minimum atomic E-state index is -1.16. The molecular weight excluding hydrogens is 456 g/mol. The van der Waals surface area contributed by atoms with E-state index < -0.39 is 18.1 Å². The number of hydroxylamine groups is 1. The van der Waals surface area contributed by atoms with Crippen LogP contribution in [0.25, 0.3) is 11.1 Å². The minimum absolute atomic E-state index is 0.207. The van der Waals surface area contributed by atoms with Crippen LogP contribution in [0, 0.1) is 0 Å². The first-order chi connectivity index (χ1) is 17.5. The molecule has 5 rings (SSSR count). The SMILES string of the molecule is CC(O)C(C(=O)NO)N1Cc2cc(N3CCN(c4ccc(-c5ccccc5)cc4)CC3)ccc2C1=O. The van der Waals surface area contributed by atoms with Crippen molar-refractivity contribution in [3.05, 3.63) is 83.9 Å². The topological polar surface area (TPSA) is 96.3 Å². The van der Waals surface area contributed by atoms with Gasteiger partial charge in [-0.15, -0.1) is 0 Å². The largest absolute Gasteiger partial charge is 0.391 e. The first-order valence-corrected chi connectivity index (χ1v) is 12.2. The van der Waals surface area contributed by atoms with E-state index in [9.17, 15) is 14.7 Å². The van der Waals surface area contributed by atoms with Crippen LogP contribution in [0.15, 0.2) is 72.8 Å². The summed E-state index contributed by atoms with van der Waals surface area (Å²) in [6.07, 6.45) is -1.12. The Labute approximate surface area is 210 Å². The summed E-state index contributed by atoms with van der Waals surface area (Å²) in [7, 11) is 0. The van der Waals surface area contributed by atoms with Crippen molar-refractivity contribution in [2.45, 2.75) is 25.6 Å². The Morgan fingerprint density at radius 2 is 1.44 bits per heavy atom. The van der Waals surface area contributed by atoms with Crippen molar-refractivity contribution in [1.82, 2.24) is 10.4 Å². The molecule has 2 aliphatic rings. The summed E-state index contributed by atoms with van der Waals surface area (Å²) in [4.78, 5) is 30.9. The van der Waals surface area contributed by atoms with Crippen molar-refractivity contribution in [3.8, 4) is 11.1 Å². The lowest BCUT2D eigenvalue weighted by atomic mass is 10.1. The number of carbonyl (C=O) groups excluding carboxylic acids is 2. The number of nitrogens with zero attached hydrogens (tertiary/aromatic N) is 3. The van der Waals surface area contributed by atoms with E-state index in [-0.39, 0.29) is 12.5 Å². The number of amides is 2. The highest BCUT2D eigenvalue weighted by atomic mass is 16.5. The van der Waals surface area contributed by atoms with Crippen molar-refractivity contribution < 1.29 is 19.9 Å². The number of piperazine rings is 1. The van der Waals surface area contributed by atoms with E-state index in [0.29, 0.717) is 5.56 Å². The summed E-state index contributed by atoms with van der Waals surface area (Å²) >= 11 is 0. The molecule has 0 spiro atoms. The third kappa shape index (κ3) is 4.53. The van der Waals surface area contributed by atoms with E-state index in [1.165, 1.54) is 28.6 Å². The molecule has 2 atom stereocenters. The molecule has 3 aromatic carbocycles. The number of hydrogen-bond acceptors (Lipinski definition) is 6. The Morgan fingerprint density at radius 1 is 0.861 bits per heavy atom. The van der Waals surface area contributed by atoms with Crippen molar-refractivity contribution in [2.75, 3.05) is 36.0 Å². The number of benzene rings is 3. The van der Waals surface area contributed by atoms with E-state index >= 15 is 0 Å².